The van der Waals surface area contributed by atoms with Gasteiger partial charge in [0.15, 0.2) is 5.82 Å². The standard InChI is InChI=1S/C34H31F3N4O4/c1-33(2,43)25-16-28(39-31(29(25)37)24-12-9-22(35)15-26(24)36)34(44,21-7-5-4-6-8-21)18-38-32(42)19-13-20-17-41(23-10-11-23)40-30(20)27(14-19)45-3/h4-9,12-17,23,43-44H,10-11,18H2,1-3H3,(H,38,42)/t34-/m1/s1. The highest BCUT2D eigenvalue weighted by atomic mass is 19.1. The molecule has 2 heterocycles. The van der Waals surface area contributed by atoms with Gasteiger partial charge >= 0.3 is 0 Å². The van der Waals surface area contributed by atoms with Crippen molar-refractivity contribution in [2.45, 2.75) is 43.9 Å². The molecule has 0 aliphatic heterocycles. The van der Waals surface area contributed by atoms with Gasteiger partial charge in [0.2, 0.25) is 0 Å². The number of nitrogens with zero attached hydrogens (tertiary/aromatic N) is 3. The molecule has 1 aliphatic carbocycles. The number of rotatable bonds is 9. The number of hydrogen-bond acceptors (Lipinski definition) is 6. The lowest BCUT2D eigenvalue weighted by Crippen LogP contribution is -2.42. The van der Waals surface area contributed by atoms with Gasteiger partial charge in [0, 0.05) is 34.3 Å². The fourth-order valence-electron chi connectivity index (χ4n) is 5.35. The molecule has 1 fully saturated rings. The van der Waals surface area contributed by atoms with Crippen molar-refractivity contribution >= 4 is 16.8 Å². The average molecular weight is 617 g/mol. The average Bonchev–Trinajstić information content (AvgIpc) is 3.77. The SMILES string of the molecule is COc1cc(C(=O)NC[C@@](O)(c2ccccc2)c2cc(C(C)(C)O)c(F)c(-c3ccc(F)cc3F)n2)cc2cn(C3CC3)nc12. The first-order chi connectivity index (χ1) is 21.4. The maximum absolute atomic E-state index is 15.8. The number of halogens is 3. The molecule has 1 atom stereocenters. The highest BCUT2D eigenvalue weighted by molar-refractivity contribution is 6.00. The number of carbonyl (C=O) groups excluding carboxylic acids is 1. The molecule has 1 aliphatic rings. The van der Waals surface area contributed by atoms with Crippen LogP contribution < -0.4 is 10.1 Å². The van der Waals surface area contributed by atoms with Crippen LogP contribution in [0.3, 0.4) is 0 Å². The summed E-state index contributed by atoms with van der Waals surface area (Å²) in [5.74, 6) is -3.11. The predicted octanol–water partition coefficient (Wildman–Crippen LogP) is 5.75. The van der Waals surface area contributed by atoms with Gasteiger partial charge in [-0.25, -0.2) is 18.2 Å². The van der Waals surface area contributed by atoms with Crippen molar-refractivity contribution in [2.75, 3.05) is 13.7 Å². The largest absolute Gasteiger partial charge is 0.494 e. The fraction of sp³-hybridized carbons (Fsp3) is 0.265. The van der Waals surface area contributed by atoms with E-state index in [1.807, 2.05) is 10.9 Å². The first-order valence-electron chi connectivity index (χ1n) is 14.4. The zero-order chi connectivity index (χ0) is 32.1. The highest BCUT2D eigenvalue weighted by Gasteiger charge is 2.38. The van der Waals surface area contributed by atoms with Crippen molar-refractivity contribution in [3.8, 4) is 17.0 Å². The molecule has 1 saturated carbocycles. The monoisotopic (exact) mass is 616 g/mol. The molecular formula is C34H31F3N4O4. The number of methoxy groups -OCH3 is 1. The number of fused-ring (bicyclic) bond motifs is 1. The Hall–Kier alpha value is -4.74. The topological polar surface area (TPSA) is 110 Å². The third-order valence-electron chi connectivity index (χ3n) is 7.98. The first kappa shape index (κ1) is 30.3. The van der Waals surface area contributed by atoms with Crippen molar-refractivity contribution in [3.05, 3.63) is 113 Å². The molecule has 2 aromatic heterocycles. The van der Waals surface area contributed by atoms with Gasteiger partial charge in [-0.15, -0.1) is 0 Å². The summed E-state index contributed by atoms with van der Waals surface area (Å²) in [6.45, 7) is 2.23. The number of aromatic nitrogens is 3. The Labute approximate surface area is 257 Å². The van der Waals surface area contributed by atoms with E-state index < -0.39 is 46.8 Å². The van der Waals surface area contributed by atoms with Crippen molar-refractivity contribution in [2.24, 2.45) is 0 Å². The zero-order valence-corrected chi connectivity index (χ0v) is 24.8. The maximum Gasteiger partial charge on any atom is 0.251 e. The Morgan fingerprint density at radius 2 is 1.78 bits per heavy atom. The number of nitrogens with one attached hydrogen (secondary N) is 1. The summed E-state index contributed by atoms with van der Waals surface area (Å²) in [6, 6.07) is 15.6. The third kappa shape index (κ3) is 5.76. The lowest BCUT2D eigenvalue weighted by Gasteiger charge is -2.31. The number of aliphatic hydroxyl groups is 2. The number of hydrogen-bond donors (Lipinski definition) is 3. The lowest BCUT2D eigenvalue weighted by molar-refractivity contribution is 0.0625. The highest BCUT2D eigenvalue weighted by Crippen LogP contribution is 2.38. The molecule has 5 aromatic rings. The van der Waals surface area contributed by atoms with Crippen LogP contribution in [0.1, 0.15) is 59.9 Å². The van der Waals surface area contributed by atoms with Crippen molar-refractivity contribution in [3.63, 3.8) is 0 Å². The summed E-state index contributed by atoms with van der Waals surface area (Å²) < 4.78 is 51.9. The molecule has 3 aromatic carbocycles. The van der Waals surface area contributed by atoms with E-state index in [0.717, 1.165) is 25.0 Å². The van der Waals surface area contributed by atoms with E-state index in [-0.39, 0.29) is 27.9 Å². The van der Waals surface area contributed by atoms with Gasteiger partial charge in [0.1, 0.15) is 34.2 Å². The second kappa shape index (κ2) is 11.3. The van der Waals surface area contributed by atoms with Crippen molar-refractivity contribution in [1.29, 1.82) is 0 Å². The van der Waals surface area contributed by atoms with E-state index in [1.165, 1.54) is 27.0 Å². The molecule has 3 N–H and O–H groups in total. The minimum atomic E-state index is -2.08. The lowest BCUT2D eigenvalue weighted by atomic mass is 9.86. The van der Waals surface area contributed by atoms with Crippen LogP contribution in [-0.2, 0) is 11.2 Å². The van der Waals surface area contributed by atoms with Crippen LogP contribution >= 0.6 is 0 Å². The van der Waals surface area contributed by atoms with Gasteiger partial charge in [0.25, 0.3) is 5.91 Å². The Balaban J connectivity index is 1.43. The van der Waals surface area contributed by atoms with E-state index in [1.54, 1.807) is 42.5 Å². The Kier molecular flexibility index (Phi) is 7.62. The van der Waals surface area contributed by atoms with Gasteiger partial charge in [-0.3, -0.25) is 9.48 Å². The predicted molar refractivity (Wildman–Crippen MR) is 161 cm³/mol. The second-order valence-corrected chi connectivity index (χ2v) is 11.8. The Morgan fingerprint density at radius 1 is 1.04 bits per heavy atom. The van der Waals surface area contributed by atoms with Crippen LogP contribution in [0.2, 0.25) is 0 Å². The maximum atomic E-state index is 15.8. The molecular weight excluding hydrogens is 585 g/mol. The van der Waals surface area contributed by atoms with E-state index in [4.69, 9.17) is 4.74 Å². The molecule has 0 unspecified atom stereocenters. The van der Waals surface area contributed by atoms with E-state index in [0.29, 0.717) is 28.8 Å². The molecule has 232 valence electrons. The van der Waals surface area contributed by atoms with Gasteiger partial charge in [0.05, 0.1) is 31.0 Å². The Bertz CT molecular complexity index is 1920. The van der Waals surface area contributed by atoms with Gasteiger partial charge in [-0.2, -0.15) is 5.10 Å². The molecule has 6 rings (SSSR count). The summed E-state index contributed by atoms with van der Waals surface area (Å²) >= 11 is 0. The molecule has 45 heavy (non-hydrogen) atoms. The normalized spacial score (nSPS) is 14.8. The van der Waals surface area contributed by atoms with Crippen LogP contribution in [0.25, 0.3) is 22.2 Å². The summed E-state index contributed by atoms with van der Waals surface area (Å²) in [5, 5.41) is 31.2. The number of carbonyl (C=O) groups is 1. The Morgan fingerprint density at radius 3 is 2.42 bits per heavy atom. The fourth-order valence-corrected chi connectivity index (χ4v) is 5.35. The molecule has 0 radical (unpaired) electrons. The van der Waals surface area contributed by atoms with Crippen LogP contribution in [-0.4, -0.2) is 44.5 Å². The van der Waals surface area contributed by atoms with E-state index >= 15 is 4.39 Å². The summed E-state index contributed by atoms with van der Waals surface area (Å²) in [4.78, 5) is 17.9. The van der Waals surface area contributed by atoms with Gasteiger partial charge in [-0.05, 0) is 62.6 Å². The van der Waals surface area contributed by atoms with E-state index in [9.17, 15) is 23.8 Å². The minimum absolute atomic E-state index is 0.176. The van der Waals surface area contributed by atoms with Crippen LogP contribution in [0.15, 0.2) is 72.9 Å². The molecule has 8 nitrogen and oxygen atoms in total. The number of benzene rings is 3. The minimum Gasteiger partial charge on any atom is -0.494 e. The molecule has 11 heteroatoms. The van der Waals surface area contributed by atoms with Crippen LogP contribution in [0.4, 0.5) is 13.2 Å². The van der Waals surface area contributed by atoms with E-state index in [2.05, 4.69) is 15.4 Å². The summed E-state index contributed by atoms with van der Waals surface area (Å²) in [7, 11) is 1.49. The molecule has 0 saturated heterocycles. The van der Waals surface area contributed by atoms with Crippen molar-refractivity contribution in [1.82, 2.24) is 20.1 Å². The van der Waals surface area contributed by atoms with Gasteiger partial charge < -0.3 is 20.3 Å². The second-order valence-electron chi connectivity index (χ2n) is 11.8. The van der Waals surface area contributed by atoms with Crippen LogP contribution in [0.5, 0.6) is 5.75 Å². The third-order valence-corrected chi connectivity index (χ3v) is 7.98. The summed E-state index contributed by atoms with van der Waals surface area (Å²) in [5.41, 5.74) is -4.07. The molecule has 1 amide bonds. The number of pyridine rings is 1. The molecule has 0 bridgehead atoms. The smallest absolute Gasteiger partial charge is 0.251 e. The van der Waals surface area contributed by atoms with Gasteiger partial charge in [-0.1, -0.05) is 30.3 Å². The number of amides is 1. The molecule has 0 spiro atoms. The van der Waals surface area contributed by atoms with Crippen LogP contribution in [0, 0.1) is 17.5 Å². The quantitative estimate of drug-likeness (QED) is 0.195. The zero-order valence-electron chi connectivity index (χ0n) is 24.8. The first-order valence-corrected chi connectivity index (χ1v) is 14.4. The number of ether oxygens (including phenoxy) is 1. The summed E-state index contributed by atoms with van der Waals surface area (Å²) in [6.07, 6.45) is 3.93. The van der Waals surface area contributed by atoms with Crippen molar-refractivity contribution < 1.29 is 32.9 Å².